The maximum atomic E-state index is 8.78. The lowest BCUT2D eigenvalue weighted by Crippen LogP contribution is -1.97. The smallest absolute Gasteiger partial charge is 0.0713 e. The summed E-state index contributed by atoms with van der Waals surface area (Å²) >= 11 is 0. The van der Waals surface area contributed by atoms with Gasteiger partial charge >= 0.3 is 0 Å². The second-order valence-corrected chi connectivity index (χ2v) is 4.51. The van der Waals surface area contributed by atoms with Gasteiger partial charge < -0.3 is 15.8 Å². The number of hydrogen-bond acceptors (Lipinski definition) is 4. The largest absolute Gasteiger partial charge is 0.398 e. The summed E-state index contributed by atoms with van der Waals surface area (Å²) in [5, 5.41) is 12.1. The van der Waals surface area contributed by atoms with Gasteiger partial charge in [0, 0.05) is 24.2 Å². The number of nitrogens with two attached hydrogens (primary N) is 1. The Morgan fingerprint density at radius 1 is 1.20 bits per heavy atom. The molecule has 0 amide bonds. The van der Waals surface area contributed by atoms with Gasteiger partial charge in [0.25, 0.3) is 0 Å². The molecule has 2 rings (SSSR count). The molecule has 3 N–H and O–H groups in total. The maximum Gasteiger partial charge on any atom is 0.0713 e. The zero-order chi connectivity index (χ0) is 14.4. The molecular weight excluding hydrogens is 250 g/mol. The Labute approximate surface area is 118 Å². The number of nitriles is 1. The summed E-state index contributed by atoms with van der Waals surface area (Å²) in [4.78, 5) is 0. The Balaban J connectivity index is 2.19. The van der Waals surface area contributed by atoms with Gasteiger partial charge in [0.05, 0.1) is 19.1 Å². The summed E-state index contributed by atoms with van der Waals surface area (Å²) in [5.74, 6) is 0. The summed E-state index contributed by atoms with van der Waals surface area (Å²) < 4.78 is 5.12. The van der Waals surface area contributed by atoms with Crippen LogP contribution in [0, 0.1) is 11.3 Å². The van der Waals surface area contributed by atoms with Crippen molar-refractivity contribution in [3.8, 4) is 6.07 Å². The summed E-state index contributed by atoms with van der Waals surface area (Å²) in [6.45, 7) is 0.580. The molecule has 2 aromatic rings. The molecular formula is C16H17N3O. The molecule has 0 unspecified atom stereocenters. The number of rotatable bonds is 5. The highest BCUT2D eigenvalue weighted by Gasteiger charge is 2.02. The van der Waals surface area contributed by atoms with Crippen LogP contribution < -0.4 is 11.1 Å². The molecule has 0 aliphatic heterocycles. The zero-order valence-corrected chi connectivity index (χ0v) is 11.4. The third-order valence-electron chi connectivity index (χ3n) is 2.94. The first-order valence-corrected chi connectivity index (χ1v) is 6.33. The van der Waals surface area contributed by atoms with E-state index in [4.69, 9.17) is 15.7 Å². The second kappa shape index (κ2) is 6.60. The van der Waals surface area contributed by atoms with Crippen LogP contribution in [0.3, 0.4) is 0 Å². The average Bonchev–Trinajstić information content (AvgIpc) is 2.44. The fourth-order valence-corrected chi connectivity index (χ4v) is 1.99. The van der Waals surface area contributed by atoms with Gasteiger partial charge in [0.2, 0.25) is 0 Å². The number of methoxy groups -OCH3 is 1. The monoisotopic (exact) mass is 267 g/mol. The summed E-state index contributed by atoms with van der Waals surface area (Å²) in [7, 11) is 1.67. The van der Waals surface area contributed by atoms with Crippen molar-refractivity contribution < 1.29 is 4.74 Å². The van der Waals surface area contributed by atoms with Crippen LogP contribution in [0.2, 0.25) is 0 Å². The third-order valence-corrected chi connectivity index (χ3v) is 2.94. The van der Waals surface area contributed by atoms with E-state index in [0.29, 0.717) is 18.7 Å². The van der Waals surface area contributed by atoms with Crippen molar-refractivity contribution in [2.45, 2.75) is 13.0 Å². The summed E-state index contributed by atoms with van der Waals surface area (Å²) in [6, 6.07) is 15.7. The molecule has 102 valence electrons. The van der Waals surface area contributed by atoms with Crippen LogP contribution in [0.1, 0.15) is 11.1 Å². The third kappa shape index (κ3) is 3.50. The minimum Gasteiger partial charge on any atom is -0.398 e. The van der Waals surface area contributed by atoms with E-state index >= 15 is 0 Å². The summed E-state index contributed by atoms with van der Waals surface area (Å²) in [5.41, 5.74) is 10.3. The number of nitrogens with one attached hydrogen (secondary N) is 1. The quantitative estimate of drug-likeness (QED) is 0.816. The maximum absolute atomic E-state index is 8.78. The van der Waals surface area contributed by atoms with E-state index < -0.39 is 0 Å². The SMILES string of the molecule is COCc1cccc(Nc2ccc(N)c(CC#N)c2)c1. The van der Waals surface area contributed by atoms with Crippen molar-refractivity contribution in [1.29, 1.82) is 5.26 Å². The van der Waals surface area contributed by atoms with E-state index in [2.05, 4.69) is 11.4 Å². The predicted molar refractivity (Wildman–Crippen MR) is 80.6 cm³/mol. The number of hydrogen-bond donors (Lipinski definition) is 2. The highest BCUT2D eigenvalue weighted by Crippen LogP contribution is 2.22. The Morgan fingerprint density at radius 3 is 2.75 bits per heavy atom. The van der Waals surface area contributed by atoms with Crippen molar-refractivity contribution in [2.24, 2.45) is 0 Å². The molecule has 0 saturated carbocycles. The number of nitrogens with zero attached hydrogens (tertiary/aromatic N) is 1. The Hall–Kier alpha value is -2.51. The lowest BCUT2D eigenvalue weighted by Gasteiger charge is -2.10. The number of anilines is 3. The van der Waals surface area contributed by atoms with Gasteiger partial charge in [0.1, 0.15) is 0 Å². The van der Waals surface area contributed by atoms with Gasteiger partial charge in [-0.25, -0.2) is 0 Å². The normalized spacial score (nSPS) is 10.0. The molecule has 0 radical (unpaired) electrons. The van der Waals surface area contributed by atoms with Crippen LogP contribution in [0.15, 0.2) is 42.5 Å². The fourth-order valence-electron chi connectivity index (χ4n) is 1.99. The molecule has 0 fully saturated rings. The van der Waals surface area contributed by atoms with E-state index in [9.17, 15) is 0 Å². The second-order valence-electron chi connectivity index (χ2n) is 4.51. The van der Waals surface area contributed by atoms with Crippen LogP contribution in [-0.4, -0.2) is 7.11 Å². The molecule has 20 heavy (non-hydrogen) atoms. The highest BCUT2D eigenvalue weighted by molar-refractivity contribution is 5.65. The first-order valence-electron chi connectivity index (χ1n) is 6.33. The lowest BCUT2D eigenvalue weighted by molar-refractivity contribution is 0.185. The highest BCUT2D eigenvalue weighted by atomic mass is 16.5. The minimum absolute atomic E-state index is 0.311. The number of ether oxygens (including phenoxy) is 1. The Bertz CT molecular complexity index is 632. The molecule has 0 aromatic heterocycles. The van der Waals surface area contributed by atoms with E-state index in [1.165, 1.54) is 0 Å². The van der Waals surface area contributed by atoms with E-state index in [0.717, 1.165) is 22.5 Å². The standard InChI is InChI=1S/C16H17N3O/c1-20-11-12-3-2-4-14(9-12)19-15-5-6-16(18)13(10-15)7-8-17/h2-6,9-10,19H,7,11,18H2,1H3. The van der Waals surface area contributed by atoms with Crippen LogP contribution in [-0.2, 0) is 17.8 Å². The minimum atomic E-state index is 0.311. The molecule has 4 nitrogen and oxygen atoms in total. The van der Waals surface area contributed by atoms with Crippen molar-refractivity contribution >= 4 is 17.1 Å². The van der Waals surface area contributed by atoms with Crippen molar-refractivity contribution in [3.63, 3.8) is 0 Å². The Kier molecular flexibility index (Phi) is 4.59. The molecule has 0 heterocycles. The summed E-state index contributed by atoms with van der Waals surface area (Å²) in [6.07, 6.45) is 0.311. The predicted octanol–water partition coefficient (Wildman–Crippen LogP) is 3.22. The van der Waals surface area contributed by atoms with Gasteiger partial charge in [-0.05, 0) is 41.5 Å². The fraction of sp³-hybridized carbons (Fsp3) is 0.188. The van der Waals surface area contributed by atoms with Gasteiger partial charge in [-0.15, -0.1) is 0 Å². The molecule has 0 aliphatic rings. The van der Waals surface area contributed by atoms with E-state index in [-0.39, 0.29) is 0 Å². The molecule has 4 heteroatoms. The topological polar surface area (TPSA) is 71.1 Å². The van der Waals surface area contributed by atoms with E-state index in [1.54, 1.807) is 7.11 Å². The van der Waals surface area contributed by atoms with Gasteiger partial charge in [-0.1, -0.05) is 12.1 Å². The molecule has 2 aromatic carbocycles. The van der Waals surface area contributed by atoms with E-state index in [1.807, 2.05) is 42.5 Å². The van der Waals surface area contributed by atoms with Crippen LogP contribution in [0.25, 0.3) is 0 Å². The van der Waals surface area contributed by atoms with Crippen molar-refractivity contribution in [2.75, 3.05) is 18.2 Å². The number of benzene rings is 2. The average molecular weight is 267 g/mol. The van der Waals surface area contributed by atoms with Crippen LogP contribution in [0.5, 0.6) is 0 Å². The van der Waals surface area contributed by atoms with Gasteiger partial charge in [0.15, 0.2) is 0 Å². The molecule has 0 aliphatic carbocycles. The van der Waals surface area contributed by atoms with Crippen molar-refractivity contribution in [1.82, 2.24) is 0 Å². The molecule has 0 atom stereocenters. The first-order chi connectivity index (χ1) is 9.72. The zero-order valence-electron chi connectivity index (χ0n) is 11.4. The number of nitrogen functional groups attached to an aromatic ring is 1. The molecule has 0 saturated heterocycles. The van der Waals surface area contributed by atoms with Crippen LogP contribution >= 0.6 is 0 Å². The Morgan fingerprint density at radius 2 is 2.00 bits per heavy atom. The molecule has 0 bridgehead atoms. The lowest BCUT2D eigenvalue weighted by atomic mass is 10.1. The van der Waals surface area contributed by atoms with Crippen LogP contribution in [0.4, 0.5) is 17.1 Å². The van der Waals surface area contributed by atoms with Gasteiger partial charge in [-0.3, -0.25) is 0 Å². The first kappa shape index (κ1) is 13.9. The molecule has 0 spiro atoms. The van der Waals surface area contributed by atoms with Crippen molar-refractivity contribution in [3.05, 3.63) is 53.6 Å². The van der Waals surface area contributed by atoms with Gasteiger partial charge in [-0.2, -0.15) is 5.26 Å².